The van der Waals surface area contributed by atoms with Gasteiger partial charge in [0.25, 0.3) is 11.6 Å². The van der Waals surface area contributed by atoms with Gasteiger partial charge in [-0.25, -0.2) is 4.98 Å². The highest BCUT2D eigenvalue weighted by molar-refractivity contribution is 9.11. The van der Waals surface area contributed by atoms with E-state index in [0.717, 1.165) is 9.85 Å². The average molecular weight is 393 g/mol. The highest BCUT2D eigenvalue weighted by Gasteiger charge is 2.21. The molecule has 0 saturated heterocycles. The van der Waals surface area contributed by atoms with Gasteiger partial charge in [-0.05, 0) is 22.0 Å². The largest absolute Gasteiger partial charge is 0.317 e. The molecule has 1 heterocycles. The summed E-state index contributed by atoms with van der Waals surface area (Å²) in [7, 11) is 0. The number of carbonyl (C=O) groups is 1. The molecule has 1 aromatic carbocycles. The van der Waals surface area contributed by atoms with Crippen molar-refractivity contribution in [3.8, 4) is 0 Å². The van der Waals surface area contributed by atoms with E-state index >= 15 is 0 Å². The van der Waals surface area contributed by atoms with E-state index in [1.165, 1.54) is 23.6 Å². The zero-order valence-corrected chi connectivity index (χ0v) is 13.3. The Morgan fingerprint density at radius 3 is 2.76 bits per heavy atom. The first-order valence-electron chi connectivity index (χ1n) is 5.29. The number of aromatic nitrogens is 1. The second-order valence-electron chi connectivity index (χ2n) is 3.68. The lowest BCUT2D eigenvalue weighted by Gasteiger charge is -2.07. The molecule has 1 amide bonds. The number of benzene rings is 1. The molecule has 4 N–H and O–H groups in total. The van der Waals surface area contributed by atoms with E-state index in [2.05, 4.69) is 31.7 Å². The first kappa shape index (κ1) is 15.6. The van der Waals surface area contributed by atoms with Crippen LogP contribution in [0.25, 0.3) is 0 Å². The molecular weight excluding hydrogens is 386 g/mol. The number of carbonyl (C=O) groups excluding carboxylic acids is 1. The Bertz CT molecular complexity index is 723. The van der Waals surface area contributed by atoms with Crippen molar-refractivity contribution in [2.75, 3.05) is 10.7 Å². The maximum atomic E-state index is 12.1. The quantitative estimate of drug-likeness (QED) is 0.417. The summed E-state index contributed by atoms with van der Waals surface area (Å²) in [6.07, 6.45) is 1.52. The minimum Gasteiger partial charge on any atom is -0.317 e. The molecule has 0 spiro atoms. The van der Waals surface area contributed by atoms with E-state index in [1.807, 2.05) is 0 Å². The maximum Gasteiger partial charge on any atom is 0.295 e. The van der Waals surface area contributed by atoms with Crippen molar-refractivity contribution in [1.29, 1.82) is 0 Å². The third-order valence-electron chi connectivity index (χ3n) is 2.37. The number of halogens is 2. The van der Waals surface area contributed by atoms with E-state index < -0.39 is 16.5 Å². The lowest BCUT2D eigenvalue weighted by Crippen LogP contribution is -2.14. The van der Waals surface area contributed by atoms with Crippen molar-refractivity contribution >= 4 is 61.3 Å². The van der Waals surface area contributed by atoms with Crippen LogP contribution in [0.15, 0.2) is 22.1 Å². The average Bonchev–Trinajstić information content (AvgIpc) is 2.82. The van der Waals surface area contributed by atoms with Gasteiger partial charge < -0.3 is 5.43 Å². The fourth-order valence-corrected chi connectivity index (χ4v) is 2.86. The first-order valence-corrected chi connectivity index (χ1v) is 7.28. The normalized spacial score (nSPS) is 10.2. The molecule has 0 aliphatic carbocycles. The molecule has 1 aromatic heterocycles. The van der Waals surface area contributed by atoms with Gasteiger partial charge in [0.2, 0.25) is 0 Å². The highest BCUT2D eigenvalue weighted by Crippen LogP contribution is 2.33. The number of nitro benzene ring substituents is 1. The van der Waals surface area contributed by atoms with Crippen LogP contribution in [0.2, 0.25) is 5.02 Å². The van der Waals surface area contributed by atoms with E-state index in [0.29, 0.717) is 5.13 Å². The number of nitrogens with two attached hydrogens (primary N) is 1. The Morgan fingerprint density at radius 1 is 1.52 bits per heavy atom. The number of amides is 1. The summed E-state index contributed by atoms with van der Waals surface area (Å²) in [6.45, 7) is 0. The lowest BCUT2D eigenvalue weighted by atomic mass is 10.1. The molecule has 0 bridgehead atoms. The molecule has 0 fully saturated rings. The lowest BCUT2D eigenvalue weighted by molar-refractivity contribution is -0.384. The molecular formula is C10H7BrClN5O3S. The number of hydrogen-bond acceptors (Lipinski definition) is 7. The molecule has 2 rings (SSSR count). The number of anilines is 2. The number of hydrogen-bond donors (Lipinski definition) is 3. The van der Waals surface area contributed by atoms with Crippen molar-refractivity contribution in [2.24, 2.45) is 5.84 Å². The van der Waals surface area contributed by atoms with Gasteiger partial charge in [0.15, 0.2) is 5.13 Å². The second kappa shape index (κ2) is 6.35. The van der Waals surface area contributed by atoms with Gasteiger partial charge in [-0.2, -0.15) is 0 Å². The number of nitrogen functional groups attached to an aromatic ring is 1. The van der Waals surface area contributed by atoms with Crippen molar-refractivity contribution in [1.82, 2.24) is 4.98 Å². The summed E-state index contributed by atoms with van der Waals surface area (Å²) in [5.74, 6) is 4.62. The molecule has 0 aliphatic rings. The summed E-state index contributed by atoms with van der Waals surface area (Å²) in [6, 6.07) is 2.36. The summed E-state index contributed by atoms with van der Waals surface area (Å²) in [4.78, 5) is 26.3. The summed E-state index contributed by atoms with van der Waals surface area (Å²) >= 11 is 10.3. The van der Waals surface area contributed by atoms with Crippen molar-refractivity contribution in [3.63, 3.8) is 0 Å². The Kier molecular flexibility index (Phi) is 4.73. The Morgan fingerprint density at radius 2 is 2.24 bits per heavy atom. The number of nitrogens with one attached hydrogen (secondary N) is 2. The van der Waals surface area contributed by atoms with Gasteiger partial charge in [-0.15, -0.1) is 0 Å². The molecule has 2 aromatic rings. The molecule has 0 saturated carbocycles. The number of nitrogens with zero attached hydrogens (tertiary/aromatic N) is 2. The van der Waals surface area contributed by atoms with Crippen LogP contribution in [0.3, 0.4) is 0 Å². The summed E-state index contributed by atoms with van der Waals surface area (Å²) < 4.78 is 0.740. The SMILES string of the molecule is NNc1c(Cl)cc(C(=O)Nc2ncc(Br)s2)cc1[N+](=O)[O-]. The maximum absolute atomic E-state index is 12.1. The van der Waals surface area contributed by atoms with Crippen LogP contribution in [-0.2, 0) is 0 Å². The number of hydrazine groups is 1. The predicted molar refractivity (Wildman–Crippen MR) is 83.7 cm³/mol. The first-order chi connectivity index (χ1) is 9.92. The van der Waals surface area contributed by atoms with E-state index in [9.17, 15) is 14.9 Å². The molecule has 0 radical (unpaired) electrons. The molecule has 8 nitrogen and oxygen atoms in total. The van der Waals surface area contributed by atoms with E-state index in [4.69, 9.17) is 17.4 Å². The molecule has 0 aliphatic heterocycles. The monoisotopic (exact) mass is 391 g/mol. The third-order valence-corrected chi connectivity index (χ3v) is 4.06. The van der Waals surface area contributed by atoms with Gasteiger partial charge in [-0.3, -0.25) is 26.1 Å². The summed E-state index contributed by atoms with van der Waals surface area (Å²) in [5, 5.41) is 13.8. The summed E-state index contributed by atoms with van der Waals surface area (Å²) in [5.41, 5.74) is 1.71. The Hall–Kier alpha value is -1.75. The Balaban J connectivity index is 2.35. The third kappa shape index (κ3) is 3.47. The minimum absolute atomic E-state index is 0.0250. The van der Waals surface area contributed by atoms with Crippen molar-refractivity contribution in [2.45, 2.75) is 0 Å². The van der Waals surface area contributed by atoms with Crippen LogP contribution in [0.5, 0.6) is 0 Å². The van der Waals surface area contributed by atoms with Crippen molar-refractivity contribution in [3.05, 3.63) is 42.8 Å². The van der Waals surface area contributed by atoms with Crippen LogP contribution < -0.4 is 16.6 Å². The Labute approximate surface area is 135 Å². The van der Waals surface area contributed by atoms with Crippen molar-refractivity contribution < 1.29 is 9.72 Å². The minimum atomic E-state index is -0.683. The number of nitro groups is 1. The number of rotatable bonds is 4. The predicted octanol–water partition coefficient (Wildman–Crippen LogP) is 3.01. The molecule has 0 atom stereocenters. The number of thiazole rings is 1. The van der Waals surface area contributed by atoms with Crippen LogP contribution in [0.1, 0.15) is 10.4 Å². The smallest absolute Gasteiger partial charge is 0.295 e. The topological polar surface area (TPSA) is 123 Å². The van der Waals surface area contributed by atoms with Gasteiger partial charge in [0, 0.05) is 11.6 Å². The molecule has 11 heteroatoms. The van der Waals surface area contributed by atoms with Crippen LogP contribution in [-0.4, -0.2) is 15.8 Å². The van der Waals surface area contributed by atoms with Gasteiger partial charge in [0.1, 0.15) is 5.69 Å². The van der Waals surface area contributed by atoms with Gasteiger partial charge in [0.05, 0.1) is 19.9 Å². The fraction of sp³-hybridized carbons (Fsp3) is 0. The van der Waals surface area contributed by atoms with E-state index in [1.54, 1.807) is 0 Å². The fourth-order valence-electron chi connectivity index (χ4n) is 1.49. The van der Waals surface area contributed by atoms with Crippen LogP contribution in [0.4, 0.5) is 16.5 Å². The van der Waals surface area contributed by atoms with Crippen LogP contribution in [0, 0.1) is 10.1 Å². The standard InChI is InChI=1S/C10H7BrClN5O3S/c11-7-3-14-10(21-7)15-9(18)4-1-5(12)8(16-13)6(2-4)17(19)20/h1-3,16H,13H2,(H,14,15,18). The van der Waals surface area contributed by atoms with Gasteiger partial charge in [-0.1, -0.05) is 22.9 Å². The highest BCUT2D eigenvalue weighted by atomic mass is 79.9. The van der Waals surface area contributed by atoms with Gasteiger partial charge >= 0.3 is 0 Å². The molecule has 110 valence electrons. The zero-order valence-electron chi connectivity index (χ0n) is 10.1. The second-order valence-corrected chi connectivity index (χ2v) is 6.49. The molecule has 21 heavy (non-hydrogen) atoms. The van der Waals surface area contributed by atoms with E-state index in [-0.39, 0.29) is 16.3 Å². The zero-order chi connectivity index (χ0) is 15.6. The molecule has 0 unspecified atom stereocenters. The van der Waals surface area contributed by atoms with Crippen LogP contribution >= 0.6 is 38.9 Å².